The molecule has 1 fully saturated rings. The van der Waals surface area contributed by atoms with Crippen molar-refractivity contribution >= 4 is 5.82 Å². The molecule has 0 unspecified atom stereocenters. The van der Waals surface area contributed by atoms with Gasteiger partial charge in [0.25, 0.3) is 0 Å². The molecule has 1 aliphatic heterocycles. The van der Waals surface area contributed by atoms with E-state index >= 15 is 0 Å². The summed E-state index contributed by atoms with van der Waals surface area (Å²) < 4.78 is 29.1. The number of halogens is 1. The van der Waals surface area contributed by atoms with Crippen molar-refractivity contribution in [3.8, 4) is 11.5 Å². The van der Waals surface area contributed by atoms with Crippen molar-refractivity contribution in [1.82, 2.24) is 10.3 Å². The Balaban J connectivity index is 1.52. The summed E-state index contributed by atoms with van der Waals surface area (Å²) in [4.78, 5) is 6.06. The topological polar surface area (TPSA) is 76.1 Å². The summed E-state index contributed by atoms with van der Waals surface area (Å²) in [5.41, 5.74) is 0.164. The smallest absolute Gasteiger partial charge is 0.161 e. The number of ether oxygens (including phenoxy) is 3. The molecule has 3 rings (SSSR count). The van der Waals surface area contributed by atoms with Crippen LogP contribution in [0.5, 0.6) is 11.5 Å². The molecule has 0 aliphatic carbocycles. The summed E-state index contributed by atoms with van der Waals surface area (Å²) in [6.45, 7) is 3.09. The van der Waals surface area contributed by atoms with Crippen LogP contribution in [0.3, 0.4) is 0 Å². The first-order valence-electron chi connectivity index (χ1n) is 9.61. The summed E-state index contributed by atoms with van der Waals surface area (Å²) >= 11 is 0. The van der Waals surface area contributed by atoms with Crippen molar-refractivity contribution in [2.75, 3.05) is 52.0 Å². The van der Waals surface area contributed by atoms with Crippen molar-refractivity contribution in [2.45, 2.75) is 18.6 Å². The molecule has 2 aromatic rings. The standard InChI is InChI=1S/C21H28FN3O4/c1-27-9-10-29-19-11-16(3-5-18(19)28-2)12-23-14-21(26)7-8-25(15-21)20-6-4-17(22)13-24-20/h3-6,11,13,23,26H,7-10,12,14-15H2,1-2H3/t21-/m0/s1. The molecule has 1 aromatic heterocycles. The van der Waals surface area contributed by atoms with Gasteiger partial charge in [0.1, 0.15) is 18.2 Å². The average Bonchev–Trinajstić information content (AvgIpc) is 3.11. The van der Waals surface area contributed by atoms with Gasteiger partial charge >= 0.3 is 0 Å². The Hall–Kier alpha value is -2.42. The van der Waals surface area contributed by atoms with Crippen LogP contribution in [-0.4, -0.2) is 62.8 Å². The van der Waals surface area contributed by atoms with Gasteiger partial charge in [-0.3, -0.25) is 0 Å². The number of hydrogen-bond donors (Lipinski definition) is 2. The van der Waals surface area contributed by atoms with Gasteiger partial charge in [0.05, 0.1) is 25.5 Å². The summed E-state index contributed by atoms with van der Waals surface area (Å²) in [7, 11) is 3.23. The normalized spacial score (nSPS) is 18.8. The molecule has 7 nitrogen and oxygen atoms in total. The maximum absolute atomic E-state index is 13.1. The monoisotopic (exact) mass is 405 g/mol. The highest BCUT2D eigenvalue weighted by Crippen LogP contribution is 2.28. The van der Waals surface area contributed by atoms with Crippen LogP contribution in [0.25, 0.3) is 0 Å². The van der Waals surface area contributed by atoms with Crippen LogP contribution in [0.2, 0.25) is 0 Å². The van der Waals surface area contributed by atoms with Crippen LogP contribution in [0, 0.1) is 5.82 Å². The van der Waals surface area contributed by atoms with E-state index in [-0.39, 0.29) is 5.82 Å². The zero-order valence-electron chi connectivity index (χ0n) is 16.9. The minimum Gasteiger partial charge on any atom is -0.493 e. The molecule has 0 saturated carbocycles. The van der Waals surface area contributed by atoms with E-state index in [2.05, 4.69) is 10.3 Å². The fourth-order valence-electron chi connectivity index (χ4n) is 3.37. The molecule has 1 aromatic carbocycles. The lowest BCUT2D eigenvalue weighted by Crippen LogP contribution is -2.43. The molecule has 158 valence electrons. The summed E-state index contributed by atoms with van der Waals surface area (Å²) in [6.07, 6.45) is 1.81. The van der Waals surface area contributed by atoms with Gasteiger partial charge in [-0.15, -0.1) is 0 Å². The maximum Gasteiger partial charge on any atom is 0.161 e. The lowest BCUT2D eigenvalue weighted by molar-refractivity contribution is 0.0626. The van der Waals surface area contributed by atoms with Crippen LogP contribution >= 0.6 is 0 Å². The van der Waals surface area contributed by atoms with Crippen LogP contribution in [0.4, 0.5) is 10.2 Å². The highest BCUT2D eigenvalue weighted by molar-refractivity contribution is 5.43. The molecule has 0 spiro atoms. The summed E-state index contributed by atoms with van der Waals surface area (Å²) in [5, 5.41) is 14.2. The first-order chi connectivity index (χ1) is 14.0. The minimum absolute atomic E-state index is 0.366. The number of rotatable bonds is 10. The van der Waals surface area contributed by atoms with Crippen molar-refractivity contribution in [1.29, 1.82) is 0 Å². The molecule has 1 atom stereocenters. The second kappa shape index (κ2) is 9.87. The molecule has 2 heterocycles. The lowest BCUT2D eigenvalue weighted by atomic mass is 10.0. The number of methoxy groups -OCH3 is 2. The first-order valence-corrected chi connectivity index (χ1v) is 9.61. The minimum atomic E-state index is -0.861. The predicted molar refractivity (Wildman–Crippen MR) is 108 cm³/mol. The van der Waals surface area contributed by atoms with E-state index in [1.165, 1.54) is 12.3 Å². The van der Waals surface area contributed by atoms with Crippen molar-refractivity contribution < 1.29 is 23.7 Å². The zero-order chi connectivity index (χ0) is 20.7. The van der Waals surface area contributed by atoms with Crippen LogP contribution in [-0.2, 0) is 11.3 Å². The Morgan fingerprint density at radius 3 is 2.79 bits per heavy atom. The molecular formula is C21H28FN3O4. The highest BCUT2D eigenvalue weighted by atomic mass is 19.1. The third-order valence-corrected chi connectivity index (χ3v) is 4.92. The van der Waals surface area contributed by atoms with Crippen LogP contribution < -0.4 is 19.7 Å². The van der Waals surface area contributed by atoms with Gasteiger partial charge in [-0.2, -0.15) is 0 Å². The number of aromatic nitrogens is 1. The summed E-state index contributed by atoms with van der Waals surface area (Å²) in [6, 6.07) is 8.77. The van der Waals surface area contributed by atoms with E-state index < -0.39 is 5.60 Å². The molecule has 2 N–H and O–H groups in total. The van der Waals surface area contributed by atoms with E-state index in [4.69, 9.17) is 14.2 Å². The Kier molecular flexibility index (Phi) is 7.24. The Morgan fingerprint density at radius 1 is 1.21 bits per heavy atom. The molecular weight excluding hydrogens is 377 g/mol. The second-order valence-corrected chi connectivity index (χ2v) is 7.16. The Morgan fingerprint density at radius 2 is 2.07 bits per heavy atom. The molecule has 8 heteroatoms. The second-order valence-electron chi connectivity index (χ2n) is 7.16. The van der Waals surface area contributed by atoms with Crippen molar-refractivity contribution in [2.24, 2.45) is 0 Å². The molecule has 0 bridgehead atoms. The number of nitrogens with zero attached hydrogens (tertiary/aromatic N) is 2. The van der Waals surface area contributed by atoms with E-state index in [9.17, 15) is 9.50 Å². The SMILES string of the molecule is COCCOc1cc(CNC[C@@]2(O)CCN(c3ccc(F)cn3)C2)ccc1OC. The number of nitrogens with one attached hydrogen (secondary N) is 1. The molecule has 1 saturated heterocycles. The fourth-order valence-corrected chi connectivity index (χ4v) is 3.37. The summed E-state index contributed by atoms with van der Waals surface area (Å²) in [5.74, 6) is 1.64. The Labute approximate surface area is 170 Å². The number of hydrogen-bond acceptors (Lipinski definition) is 7. The Bertz CT molecular complexity index is 790. The molecule has 29 heavy (non-hydrogen) atoms. The number of β-amino-alcohol motifs (C(OH)–C–C–N with tert-alkyl or cyclic N) is 1. The van der Waals surface area contributed by atoms with E-state index in [0.717, 1.165) is 5.56 Å². The van der Waals surface area contributed by atoms with Gasteiger partial charge in [0, 0.05) is 33.3 Å². The molecule has 1 aliphatic rings. The van der Waals surface area contributed by atoms with Gasteiger partial charge in [-0.1, -0.05) is 6.07 Å². The zero-order valence-corrected chi connectivity index (χ0v) is 16.9. The number of aliphatic hydroxyl groups is 1. The van der Waals surface area contributed by atoms with E-state index in [0.29, 0.717) is 63.1 Å². The maximum atomic E-state index is 13.1. The van der Waals surface area contributed by atoms with Gasteiger partial charge in [0.2, 0.25) is 0 Å². The first kappa shape index (κ1) is 21.3. The van der Waals surface area contributed by atoms with E-state index in [1.807, 2.05) is 23.1 Å². The third-order valence-electron chi connectivity index (χ3n) is 4.92. The third kappa shape index (κ3) is 5.79. The predicted octanol–water partition coefficient (Wildman–Crippen LogP) is 1.99. The number of anilines is 1. The highest BCUT2D eigenvalue weighted by Gasteiger charge is 2.36. The van der Waals surface area contributed by atoms with E-state index in [1.54, 1.807) is 20.3 Å². The quantitative estimate of drug-likeness (QED) is 0.586. The van der Waals surface area contributed by atoms with Crippen LogP contribution in [0.1, 0.15) is 12.0 Å². The van der Waals surface area contributed by atoms with Crippen LogP contribution in [0.15, 0.2) is 36.5 Å². The molecule has 0 amide bonds. The molecule has 0 radical (unpaired) electrons. The van der Waals surface area contributed by atoms with Gasteiger partial charge in [-0.05, 0) is 36.2 Å². The lowest BCUT2D eigenvalue weighted by Gasteiger charge is -2.24. The fraction of sp³-hybridized carbons (Fsp3) is 0.476. The largest absolute Gasteiger partial charge is 0.493 e. The van der Waals surface area contributed by atoms with Crippen molar-refractivity contribution in [3.05, 3.63) is 47.9 Å². The average molecular weight is 405 g/mol. The number of benzene rings is 1. The van der Waals surface area contributed by atoms with Gasteiger partial charge < -0.3 is 29.5 Å². The number of pyridine rings is 1. The van der Waals surface area contributed by atoms with Gasteiger partial charge in [-0.25, -0.2) is 9.37 Å². The van der Waals surface area contributed by atoms with Crippen molar-refractivity contribution in [3.63, 3.8) is 0 Å². The van der Waals surface area contributed by atoms with Gasteiger partial charge in [0.15, 0.2) is 11.5 Å².